The summed E-state index contributed by atoms with van der Waals surface area (Å²) in [6, 6.07) is 16.7. The monoisotopic (exact) mass is 336 g/mol. The highest BCUT2D eigenvalue weighted by Crippen LogP contribution is 2.08. The molecule has 0 unspecified atom stereocenters. The highest BCUT2D eigenvalue weighted by atomic mass is 16.2. The summed E-state index contributed by atoms with van der Waals surface area (Å²) >= 11 is 0. The predicted molar refractivity (Wildman–Crippen MR) is 101 cm³/mol. The minimum absolute atomic E-state index is 0.243. The molecule has 0 aliphatic rings. The Labute approximate surface area is 149 Å². The van der Waals surface area contributed by atoms with Crippen LogP contribution in [0.1, 0.15) is 41.3 Å². The van der Waals surface area contributed by atoms with E-state index >= 15 is 0 Å². The number of rotatable bonds is 7. The number of unbranched alkanes of at least 4 members (excludes halogenated alkanes) is 1. The Morgan fingerprint density at radius 1 is 1.00 bits per heavy atom. The molecule has 4 nitrogen and oxygen atoms in total. The van der Waals surface area contributed by atoms with Gasteiger partial charge in [-0.2, -0.15) is 0 Å². The van der Waals surface area contributed by atoms with Crippen LogP contribution in [0.5, 0.6) is 0 Å². The van der Waals surface area contributed by atoms with Gasteiger partial charge in [0.15, 0.2) is 0 Å². The molecular weight excluding hydrogens is 312 g/mol. The van der Waals surface area contributed by atoms with Crippen LogP contribution in [0.15, 0.2) is 60.3 Å². The van der Waals surface area contributed by atoms with Gasteiger partial charge in [-0.3, -0.25) is 9.59 Å². The van der Waals surface area contributed by atoms with Crippen LogP contribution in [0.3, 0.4) is 0 Å². The molecule has 2 aromatic carbocycles. The van der Waals surface area contributed by atoms with Gasteiger partial charge in [-0.25, -0.2) is 0 Å². The Morgan fingerprint density at radius 3 is 2.32 bits per heavy atom. The van der Waals surface area contributed by atoms with Crippen LogP contribution in [-0.4, -0.2) is 18.4 Å². The molecule has 0 fully saturated rings. The first-order chi connectivity index (χ1) is 12.1. The number of hydrogen-bond acceptors (Lipinski definition) is 2. The summed E-state index contributed by atoms with van der Waals surface area (Å²) in [5.41, 5.74) is 2.69. The molecule has 4 heteroatoms. The van der Waals surface area contributed by atoms with Crippen LogP contribution in [0.25, 0.3) is 6.08 Å². The van der Waals surface area contributed by atoms with Crippen molar-refractivity contribution in [2.75, 3.05) is 6.54 Å². The number of aryl methyl sites for hydroxylation is 1. The fourth-order valence-electron chi connectivity index (χ4n) is 2.25. The molecule has 2 N–H and O–H groups in total. The average molecular weight is 336 g/mol. The molecule has 2 rings (SSSR count). The zero-order valence-corrected chi connectivity index (χ0v) is 14.7. The summed E-state index contributed by atoms with van der Waals surface area (Å²) in [4.78, 5) is 24.9. The van der Waals surface area contributed by atoms with Gasteiger partial charge in [-0.1, -0.05) is 61.4 Å². The number of carbonyl (C=O) groups is 2. The maximum atomic E-state index is 12.5. The summed E-state index contributed by atoms with van der Waals surface area (Å²) in [6.45, 7) is 4.61. The number of benzene rings is 2. The first kappa shape index (κ1) is 18.5. The third kappa shape index (κ3) is 5.92. The summed E-state index contributed by atoms with van der Waals surface area (Å²) < 4.78 is 0. The van der Waals surface area contributed by atoms with Crippen LogP contribution in [0, 0.1) is 6.92 Å². The van der Waals surface area contributed by atoms with E-state index in [0.717, 1.165) is 24.0 Å². The number of nitrogens with one attached hydrogen (secondary N) is 2. The van der Waals surface area contributed by atoms with Crippen molar-refractivity contribution in [3.63, 3.8) is 0 Å². The minimum Gasteiger partial charge on any atom is -0.351 e. The Balaban J connectivity index is 2.18. The van der Waals surface area contributed by atoms with Crippen molar-refractivity contribution < 1.29 is 9.59 Å². The highest BCUT2D eigenvalue weighted by Gasteiger charge is 2.14. The zero-order chi connectivity index (χ0) is 18.1. The summed E-state index contributed by atoms with van der Waals surface area (Å²) in [7, 11) is 0. The molecule has 0 saturated carbocycles. The van der Waals surface area contributed by atoms with Crippen molar-refractivity contribution in [1.29, 1.82) is 0 Å². The van der Waals surface area contributed by atoms with E-state index in [4.69, 9.17) is 0 Å². The lowest BCUT2D eigenvalue weighted by atomic mass is 10.1. The third-order valence-corrected chi connectivity index (χ3v) is 3.73. The van der Waals surface area contributed by atoms with Crippen LogP contribution < -0.4 is 10.6 Å². The largest absolute Gasteiger partial charge is 0.351 e. The van der Waals surface area contributed by atoms with Crippen molar-refractivity contribution in [3.8, 4) is 0 Å². The van der Waals surface area contributed by atoms with E-state index < -0.39 is 0 Å². The predicted octanol–water partition coefficient (Wildman–Crippen LogP) is 3.68. The van der Waals surface area contributed by atoms with Crippen LogP contribution in [-0.2, 0) is 4.79 Å². The molecule has 0 spiro atoms. The molecule has 2 amide bonds. The van der Waals surface area contributed by atoms with Crippen molar-refractivity contribution in [3.05, 3.63) is 77.0 Å². The lowest BCUT2D eigenvalue weighted by Gasteiger charge is -2.11. The number of hydrogen-bond donors (Lipinski definition) is 2. The molecule has 0 heterocycles. The molecule has 0 radical (unpaired) electrons. The van der Waals surface area contributed by atoms with Crippen molar-refractivity contribution >= 4 is 17.9 Å². The molecule has 0 aliphatic carbocycles. The van der Waals surface area contributed by atoms with Gasteiger partial charge in [-0.15, -0.1) is 0 Å². The second-order valence-electron chi connectivity index (χ2n) is 5.90. The Hall–Kier alpha value is -2.88. The van der Waals surface area contributed by atoms with E-state index in [9.17, 15) is 9.59 Å². The van der Waals surface area contributed by atoms with Gasteiger partial charge in [0.25, 0.3) is 11.8 Å². The average Bonchev–Trinajstić information content (AvgIpc) is 2.62. The van der Waals surface area contributed by atoms with Crippen LogP contribution in [0.2, 0.25) is 0 Å². The minimum atomic E-state index is -0.298. The van der Waals surface area contributed by atoms with Gasteiger partial charge in [0.1, 0.15) is 5.70 Å². The van der Waals surface area contributed by atoms with Gasteiger partial charge in [0, 0.05) is 12.1 Å². The van der Waals surface area contributed by atoms with E-state index in [1.54, 1.807) is 18.2 Å². The zero-order valence-electron chi connectivity index (χ0n) is 14.7. The lowest BCUT2D eigenvalue weighted by Crippen LogP contribution is -2.35. The lowest BCUT2D eigenvalue weighted by molar-refractivity contribution is -0.117. The molecule has 0 aromatic heterocycles. The van der Waals surface area contributed by atoms with E-state index in [-0.39, 0.29) is 17.5 Å². The molecule has 25 heavy (non-hydrogen) atoms. The Bertz CT molecular complexity index is 734. The summed E-state index contributed by atoms with van der Waals surface area (Å²) in [5, 5.41) is 5.59. The SMILES string of the molecule is CCCCNC(=O)C(=Cc1ccccc1)NC(=O)c1ccc(C)cc1. The topological polar surface area (TPSA) is 58.2 Å². The first-order valence-electron chi connectivity index (χ1n) is 8.53. The van der Waals surface area contributed by atoms with E-state index in [1.807, 2.05) is 49.4 Å². The fourth-order valence-corrected chi connectivity index (χ4v) is 2.25. The van der Waals surface area contributed by atoms with Crippen molar-refractivity contribution in [2.24, 2.45) is 0 Å². The van der Waals surface area contributed by atoms with Gasteiger partial charge >= 0.3 is 0 Å². The summed E-state index contributed by atoms with van der Waals surface area (Å²) in [6.07, 6.45) is 3.58. The summed E-state index contributed by atoms with van der Waals surface area (Å²) in [5.74, 6) is -0.578. The van der Waals surface area contributed by atoms with Gasteiger partial charge in [-0.05, 0) is 37.1 Å². The standard InChI is InChI=1S/C21H24N2O2/c1-3-4-14-22-21(25)19(15-17-8-6-5-7-9-17)23-20(24)18-12-10-16(2)11-13-18/h5-13,15H,3-4,14H2,1-2H3,(H,22,25)(H,23,24). The molecule has 2 aromatic rings. The normalized spacial score (nSPS) is 11.0. The number of carbonyl (C=O) groups excluding carboxylic acids is 2. The van der Waals surface area contributed by atoms with Crippen molar-refractivity contribution in [2.45, 2.75) is 26.7 Å². The molecule has 0 saturated heterocycles. The molecular formula is C21H24N2O2. The molecule has 130 valence electrons. The van der Waals surface area contributed by atoms with E-state index in [2.05, 4.69) is 17.6 Å². The maximum Gasteiger partial charge on any atom is 0.267 e. The molecule has 0 atom stereocenters. The quantitative estimate of drug-likeness (QED) is 0.598. The first-order valence-corrected chi connectivity index (χ1v) is 8.53. The fraction of sp³-hybridized carbons (Fsp3) is 0.238. The second kappa shape index (κ2) is 9.42. The van der Waals surface area contributed by atoms with E-state index in [0.29, 0.717) is 12.1 Å². The van der Waals surface area contributed by atoms with Gasteiger partial charge in [0.2, 0.25) is 0 Å². The second-order valence-corrected chi connectivity index (χ2v) is 5.90. The smallest absolute Gasteiger partial charge is 0.267 e. The van der Waals surface area contributed by atoms with Gasteiger partial charge < -0.3 is 10.6 Å². The third-order valence-electron chi connectivity index (χ3n) is 3.73. The van der Waals surface area contributed by atoms with Crippen LogP contribution in [0.4, 0.5) is 0 Å². The Morgan fingerprint density at radius 2 is 1.68 bits per heavy atom. The van der Waals surface area contributed by atoms with Crippen LogP contribution >= 0.6 is 0 Å². The molecule has 0 bridgehead atoms. The number of amides is 2. The molecule has 0 aliphatic heterocycles. The highest BCUT2D eigenvalue weighted by molar-refractivity contribution is 6.05. The van der Waals surface area contributed by atoms with Gasteiger partial charge in [0.05, 0.1) is 0 Å². The van der Waals surface area contributed by atoms with Crippen molar-refractivity contribution in [1.82, 2.24) is 10.6 Å². The maximum absolute atomic E-state index is 12.5. The Kier molecular flexibility index (Phi) is 6.96. The van der Waals surface area contributed by atoms with E-state index in [1.165, 1.54) is 0 Å².